The third-order valence-electron chi connectivity index (χ3n) is 5.64. The molecular weight excluding hydrogens is 310 g/mol. The van der Waals surface area contributed by atoms with Gasteiger partial charge in [0, 0.05) is 49.8 Å². The maximum Gasteiger partial charge on any atom is 0.253 e. The predicted octanol–water partition coefficient (Wildman–Crippen LogP) is 3.31. The van der Waals surface area contributed by atoms with E-state index in [1.807, 2.05) is 42.5 Å². The van der Waals surface area contributed by atoms with E-state index in [1.165, 1.54) is 23.2 Å². The molecule has 4 rings (SSSR count). The van der Waals surface area contributed by atoms with E-state index in [4.69, 9.17) is 0 Å². The minimum atomic E-state index is 0.149. The number of hydrogen-bond acceptors (Lipinski definition) is 3. The highest BCUT2D eigenvalue weighted by Crippen LogP contribution is 2.25. The van der Waals surface area contributed by atoms with Crippen LogP contribution < -0.4 is 4.90 Å². The van der Waals surface area contributed by atoms with Crippen molar-refractivity contribution < 1.29 is 4.79 Å². The van der Waals surface area contributed by atoms with E-state index in [2.05, 4.69) is 22.0 Å². The summed E-state index contributed by atoms with van der Waals surface area (Å²) in [7, 11) is 1.95. The van der Waals surface area contributed by atoms with Crippen molar-refractivity contribution in [2.75, 3.05) is 25.0 Å². The number of aryl methyl sites for hydroxylation is 2. The van der Waals surface area contributed by atoms with Crippen LogP contribution in [-0.2, 0) is 12.8 Å². The van der Waals surface area contributed by atoms with E-state index >= 15 is 0 Å². The Morgan fingerprint density at radius 1 is 1.12 bits per heavy atom. The Hall–Kier alpha value is -2.36. The fourth-order valence-corrected chi connectivity index (χ4v) is 4.13. The molecule has 25 heavy (non-hydrogen) atoms. The van der Waals surface area contributed by atoms with Gasteiger partial charge in [-0.15, -0.1) is 0 Å². The molecule has 130 valence electrons. The normalized spacial score (nSPS) is 19.6. The molecule has 0 saturated carbocycles. The molecule has 1 fully saturated rings. The number of rotatable bonds is 3. The van der Waals surface area contributed by atoms with Crippen LogP contribution in [0, 0.1) is 0 Å². The van der Waals surface area contributed by atoms with Gasteiger partial charge in [-0.25, -0.2) is 0 Å². The van der Waals surface area contributed by atoms with Gasteiger partial charge >= 0.3 is 0 Å². The minimum absolute atomic E-state index is 0.149. The summed E-state index contributed by atoms with van der Waals surface area (Å²) < 4.78 is 0. The molecule has 1 aliphatic carbocycles. The summed E-state index contributed by atoms with van der Waals surface area (Å²) in [6.07, 6.45) is 9.31. The maximum absolute atomic E-state index is 13.0. The average Bonchev–Trinajstić information content (AvgIpc) is 3.15. The minimum Gasteiger partial charge on any atom is -0.369 e. The van der Waals surface area contributed by atoms with E-state index in [9.17, 15) is 4.79 Å². The Labute approximate surface area is 149 Å². The molecule has 1 atom stereocenters. The predicted molar refractivity (Wildman–Crippen MR) is 100 cm³/mol. The van der Waals surface area contributed by atoms with Gasteiger partial charge in [-0.3, -0.25) is 9.78 Å². The lowest BCUT2D eigenvalue weighted by molar-refractivity contribution is 0.0717. The van der Waals surface area contributed by atoms with Crippen molar-refractivity contribution in [3.63, 3.8) is 0 Å². The van der Waals surface area contributed by atoms with Crippen molar-refractivity contribution in [2.24, 2.45) is 0 Å². The van der Waals surface area contributed by atoms with E-state index in [-0.39, 0.29) is 11.9 Å². The number of anilines is 1. The summed E-state index contributed by atoms with van der Waals surface area (Å²) in [4.78, 5) is 21.4. The van der Waals surface area contributed by atoms with Crippen LogP contribution in [-0.4, -0.2) is 42.0 Å². The number of piperidine rings is 1. The molecule has 2 aliphatic rings. The molecule has 4 nitrogen and oxygen atoms in total. The topological polar surface area (TPSA) is 36.4 Å². The van der Waals surface area contributed by atoms with Crippen LogP contribution in [0.5, 0.6) is 0 Å². The number of aromatic nitrogens is 1. The summed E-state index contributed by atoms with van der Waals surface area (Å²) >= 11 is 0. The first-order valence-corrected chi connectivity index (χ1v) is 9.26. The molecule has 0 radical (unpaired) electrons. The number of carbonyl (C=O) groups excluding carboxylic acids is 1. The second-order valence-electron chi connectivity index (χ2n) is 7.20. The summed E-state index contributed by atoms with van der Waals surface area (Å²) in [6, 6.07) is 10.6. The van der Waals surface area contributed by atoms with Crippen molar-refractivity contribution in [1.82, 2.24) is 9.88 Å². The van der Waals surface area contributed by atoms with Crippen LogP contribution in [0.15, 0.2) is 42.7 Å². The highest BCUT2D eigenvalue weighted by atomic mass is 16.2. The van der Waals surface area contributed by atoms with Crippen LogP contribution >= 0.6 is 0 Å². The van der Waals surface area contributed by atoms with E-state index < -0.39 is 0 Å². The molecule has 1 unspecified atom stereocenters. The molecule has 1 aromatic heterocycles. The number of hydrogen-bond donors (Lipinski definition) is 0. The zero-order valence-corrected chi connectivity index (χ0v) is 14.8. The fourth-order valence-electron chi connectivity index (χ4n) is 4.13. The first kappa shape index (κ1) is 16.1. The largest absolute Gasteiger partial charge is 0.369 e. The third-order valence-corrected chi connectivity index (χ3v) is 5.64. The first-order chi connectivity index (χ1) is 12.2. The lowest BCUT2D eigenvalue weighted by Gasteiger charge is -2.38. The zero-order valence-electron chi connectivity index (χ0n) is 14.8. The van der Waals surface area contributed by atoms with Crippen molar-refractivity contribution in [3.8, 4) is 0 Å². The van der Waals surface area contributed by atoms with Gasteiger partial charge in [0.15, 0.2) is 0 Å². The zero-order chi connectivity index (χ0) is 17.2. The molecule has 1 aromatic carbocycles. The average molecular weight is 335 g/mol. The van der Waals surface area contributed by atoms with Crippen LogP contribution in [0.4, 0.5) is 5.69 Å². The molecule has 2 heterocycles. The molecule has 0 bridgehead atoms. The Balaban J connectivity index is 1.48. The highest BCUT2D eigenvalue weighted by molar-refractivity contribution is 5.94. The number of pyridine rings is 1. The van der Waals surface area contributed by atoms with Gasteiger partial charge < -0.3 is 9.80 Å². The second-order valence-corrected chi connectivity index (χ2v) is 7.20. The first-order valence-electron chi connectivity index (χ1n) is 9.26. The van der Waals surface area contributed by atoms with Crippen molar-refractivity contribution in [2.45, 2.75) is 38.1 Å². The van der Waals surface area contributed by atoms with Crippen molar-refractivity contribution in [3.05, 3.63) is 59.4 Å². The molecule has 1 saturated heterocycles. The van der Waals surface area contributed by atoms with Gasteiger partial charge in [0.25, 0.3) is 5.91 Å². The van der Waals surface area contributed by atoms with Gasteiger partial charge in [0.2, 0.25) is 0 Å². The van der Waals surface area contributed by atoms with Gasteiger partial charge in [0.05, 0.1) is 0 Å². The van der Waals surface area contributed by atoms with E-state index in [1.54, 1.807) is 0 Å². The lowest BCUT2D eigenvalue weighted by atomic mass is 10.0. The number of nitrogens with zero attached hydrogens (tertiary/aromatic N) is 3. The SMILES string of the molecule is CN(C(=O)c1ccc2c(c1)CCC2)C1CCCN(c2ccncc2)C1. The molecular formula is C21H25N3O. The van der Waals surface area contributed by atoms with E-state index in [0.29, 0.717) is 0 Å². The monoisotopic (exact) mass is 335 g/mol. The number of amides is 1. The lowest BCUT2D eigenvalue weighted by Crippen LogP contribution is -2.48. The fraction of sp³-hybridized carbons (Fsp3) is 0.429. The summed E-state index contributed by atoms with van der Waals surface area (Å²) in [5.74, 6) is 0.149. The van der Waals surface area contributed by atoms with Crippen molar-refractivity contribution in [1.29, 1.82) is 0 Å². The number of carbonyl (C=O) groups is 1. The smallest absolute Gasteiger partial charge is 0.253 e. The van der Waals surface area contributed by atoms with Crippen LogP contribution in [0.2, 0.25) is 0 Å². The Bertz CT molecular complexity index is 759. The number of likely N-dealkylation sites (N-methyl/N-ethyl adjacent to an activating group) is 1. The Kier molecular flexibility index (Phi) is 4.43. The Morgan fingerprint density at radius 2 is 1.92 bits per heavy atom. The Morgan fingerprint density at radius 3 is 2.76 bits per heavy atom. The van der Waals surface area contributed by atoms with Gasteiger partial charge in [-0.05, 0) is 67.5 Å². The van der Waals surface area contributed by atoms with Gasteiger partial charge in [-0.2, -0.15) is 0 Å². The number of benzene rings is 1. The molecule has 2 aromatic rings. The van der Waals surface area contributed by atoms with E-state index in [0.717, 1.165) is 44.3 Å². The molecule has 0 spiro atoms. The highest BCUT2D eigenvalue weighted by Gasteiger charge is 2.27. The molecule has 4 heteroatoms. The summed E-state index contributed by atoms with van der Waals surface area (Å²) in [5.41, 5.74) is 4.81. The standard InChI is InChI=1S/C21H25N3O/c1-23(21(25)18-8-7-16-4-2-5-17(16)14-18)20-6-3-13-24(15-20)19-9-11-22-12-10-19/h7-12,14,20H,2-6,13,15H2,1H3. The quantitative estimate of drug-likeness (QED) is 0.863. The molecule has 1 amide bonds. The second kappa shape index (κ2) is 6.87. The number of fused-ring (bicyclic) bond motifs is 1. The summed E-state index contributed by atoms with van der Waals surface area (Å²) in [5, 5.41) is 0. The van der Waals surface area contributed by atoms with Crippen LogP contribution in [0.1, 0.15) is 40.7 Å². The maximum atomic E-state index is 13.0. The summed E-state index contributed by atoms with van der Waals surface area (Å²) in [6.45, 7) is 1.93. The van der Waals surface area contributed by atoms with Gasteiger partial charge in [-0.1, -0.05) is 6.07 Å². The molecule has 1 aliphatic heterocycles. The molecule has 0 N–H and O–H groups in total. The van der Waals surface area contributed by atoms with Crippen LogP contribution in [0.25, 0.3) is 0 Å². The van der Waals surface area contributed by atoms with Crippen LogP contribution in [0.3, 0.4) is 0 Å². The third kappa shape index (κ3) is 3.26. The van der Waals surface area contributed by atoms with Crippen molar-refractivity contribution >= 4 is 11.6 Å². The van der Waals surface area contributed by atoms with Gasteiger partial charge in [0.1, 0.15) is 0 Å².